The molecule has 20 heavy (non-hydrogen) atoms. The summed E-state index contributed by atoms with van der Waals surface area (Å²) in [4.78, 5) is 15.0. The minimum atomic E-state index is 0.270. The molecule has 0 spiro atoms. The minimum absolute atomic E-state index is 0.270. The number of piperidine rings is 1. The number of ketones is 1. The Balaban J connectivity index is 2.17. The number of rotatable bonds is 3. The Kier molecular flexibility index (Phi) is 4.64. The summed E-state index contributed by atoms with van der Waals surface area (Å²) in [6.45, 7) is 11.3. The lowest BCUT2D eigenvalue weighted by Crippen LogP contribution is -2.46. The first-order chi connectivity index (χ1) is 9.40. The summed E-state index contributed by atoms with van der Waals surface area (Å²) in [5, 5.41) is 0. The van der Waals surface area contributed by atoms with Crippen molar-refractivity contribution in [3.63, 3.8) is 0 Å². The summed E-state index contributed by atoms with van der Waals surface area (Å²) in [6, 6.07) is 5.24. The zero-order valence-corrected chi connectivity index (χ0v) is 13.5. The lowest BCUT2D eigenvalue weighted by Gasteiger charge is -2.38. The van der Waals surface area contributed by atoms with Gasteiger partial charge in [-0.05, 0) is 70.2 Å². The quantitative estimate of drug-likeness (QED) is 0.774. The second kappa shape index (κ2) is 6.09. The molecule has 0 aliphatic carbocycles. The molecular formula is C18H27NO. The van der Waals surface area contributed by atoms with Gasteiger partial charge in [0.2, 0.25) is 0 Å². The second-order valence-corrected chi connectivity index (χ2v) is 6.48. The third-order valence-corrected chi connectivity index (χ3v) is 4.84. The molecule has 1 saturated heterocycles. The number of nitrogens with zero attached hydrogens (tertiary/aromatic N) is 1. The zero-order valence-electron chi connectivity index (χ0n) is 13.5. The molecular weight excluding hydrogens is 246 g/mol. The highest BCUT2D eigenvalue weighted by molar-refractivity contribution is 5.99. The van der Waals surface area contributed by atoms with Crippen molar-refractivity contribution in [1.82, 2.24) is 4.90 Å². The van der Waals surface area contributed by atoms with Crippen LogP contribution >= 0.6 is 0 Å². The monoisotopic (exact) mass is 273 g/mol. The largest absolute Gasteiger partial charge is 0.293 e. The molecule has 0 bridgehead atoms. The molecule has 1 aromatic carbocycles. The number of aryl methyl sites for hydroxylation is 3. The number of Topliss-reactive ketones (excluding diaryl/α,β-unsaturated/α-hetero) is 1. The molecule has 1 aliphatic rings. The Labute approximate surface area is 123 Å². The van der Waals surface area contributed by atoms with Crippen LogP contribution in [-0.4, -0.2) is 29.3 Å². The summed E-state index contributed by atoms with van der Waals surface area (Å²) in [5.74, 6) is 0.270. The van der Waals surface area contributed by atoms with Gasteiger partial charge >= 0.3 is 0 Å². The van der Waals surface area contributed by atoms with Gasteiger partial charge in [0.15, 0.2) is 5.78 Å². The minimum Gasteiger partial charge on any atom is -0.293 e. The second-order valence-electron chi connectivity index (χ2n) is 6.48. The van der Waals surface area contributed by atoms with Crippen LogP contribution in [0.2, 0.25) is 0 Å². The van der Waals surface area contributed by atoms with E-state index in [2.05, 4.69) is 44.7 Å². The Bertz CT molecular complexity index is 496. The van der Waals surface area contributed by atoms with Gasteiger partial charge in [0.25, 0.3) is 0 Å². The predicted molar refractivity (Wildman–Crippen MR) is 84.5 cm³/mol. The molecule has 1 fully saturated rings. The van der Waals surface area contributed by atoms with E-state index in [4.69, 9.17) is 0 Å². The Morgan fingerprint density at radius 3 is 2.20 bits per heavy atom. The zero-order chi connectivity index (χ0) is 14.9. The molecule has 0 N–H and O–H groups in total. The highest BCUT2D eigenvalue weighted by Crippen LogP contribution is 2.23. The van der Waals surface area contributed by atoms with Crippen molar-refractivity contribution < 1.29 is 4.79 Å². The van der Waals surface area contributed by atoms with Crippen LogP contribution in [0, 0.1) is 20.8 Å². The van der Waals surface area contributed by atoms with E-state index < -0.39 is 0 Å². The van der Waals surface area contributed by atoms with E-state index in [0.29, 0.717) is 18.6 Å². The number of benzene rings is 1. The summed E-state index contributed by atoms with van der Waals surface area (Å²) < 4.78 is 0. The van der Waals surface area contributed by atoms with Crippen LogP contribution in [0.4, 0.5) is 0 Å². The number of carbonyl (C=O) groups excluding carboxylic acids is 1. The average molecular weight is 273 g/mol. The average Bonchev–Trinajstić information content (AvgIpc) is 2.38. The van der Waals surface area contributed by atoms with Crippen LogP contribution in [0.3, 0.4) is 0 Å². The summed E-state index contributed by atoms with van der Waals surface area (Å²) in [7, 11) is 0. The molecule has 2 nitrogen and oxygen atoms in total. The molecule has 1 heterocycles. The first-order valence-electron chi connectivity index (χ1n) is 7.77. The molecule has 110 valence electrons. The third-order valence-electron chi connectivity index (χ3n) is 4.84. The van der Waals surface area contributed by atoms with Crippen molar-refractivity contribution in [3.05, 3.63) is 34.4 Å². The Morgan fingerprint density at radius 2 is 1.60 bits per heavy atom. The van der Waals surface area contributed by atoms with E-state index in [-0.39, 0.29) is 5.78 Å². The molecule has 0 unspecified atom stereocenters. The van der Waals surface area contributed by atoms with Gasteiger partial charge in [0.05, 0.1) is 6.54 Å². The fourth-order valence-electron chi connectivity index (χ4n) is 3.30. The van der Waals surface area contributed by atoms with Crippen molar-refractivity contribution >= 4 is 5.78 Å². The molecule has 2 atom stereocenters. The molecule has 0 amide bonds. The maximum absolute atomic E-state index is 12.6. The van der Waals surface area contributed by atoms with Gasteiger partial charge in [-0.2, -0.15) is 0 Å². The smallest absolute Gasteiger partial charge is 0.177 e. The number of hydrogen-bond donors (Lipinski definition) is 0. The van der Waals surface area contributed by atoms with Crippen LogP contribution in [0.15, 0.2) is 12.1 Å². The van der Waals surface area contributed by atoms with E-state index in [1.165, 1.54) is 30.4 Å². The van der Waals surface area contributed by atoms with E-state index >= 15 is 0 Å². The van der Waals surface area contributed by atoms with E-state index in [9.17, 15) is 4.79 Å². The van der Waals surface area contributed by atoms with Gasteiger partial charge in [0.1, 0.15) is 0 Å². The maximum atomic E-state index is 12.6. The van der Waals surface area contributed by atoms with Gasteiger partial charge in [-0.15, -0.1) is 0 Å². The standard InChI is InChI=1S/C18H27NO/c1-12-9-14(3)17(10-13(12)2)18(20)11-19-15(4)7-6-8-16(19)5/h9-10,15-16H,6-8,11H2,1-5H3/t15-,16+. The van der Waals surface area contributed by atoms with Crippen LogP contribution in [0.1, 0.15) is 60.2 Å². The first kappa shape index (κ1) is 15.2. The van der Waals surface area contributed by atoms with Gasteiger partial charge in [-0.3, -0.25) is 9.69 Å². The molecule has 1 aromatic rings. The SMILES string of the molecule is Cc1cc(C)c(C(=O)CN2[C@H](C)CCC[C@@H]2C)cc1C. The maximum Gasteiger partial charge on any atom is 0.177 e. The highest BCUT2D eigenvalue weighted by atomic mass is 16.1. The van der Waals surface area contributed by atoms with Gasteiger partial charge in [-0.25, -0.2) is 0 Å². The first-order valence-corrected chi connectivity index (χ1v) is 7.77. The summed E-state index contributed by atoms with van der Waals surface area (Å²) in [6.07, 6.45) is 3.71. The number of carbonyl (C=O) groups is 1. The van der Waals surface area contributed by atoms with Gasteiger partial charge < -0.3 is 0 Å². The molecule has 2 rings (SSSR count). The summed E-state index contributed by atoms with van der Waals surface area (Å²) >= 11 is 0. The van der Waals surface area contributed by atoms with Crippen LogP contribution in [0.5, 0.6) is 0 Å². The number of hydrogen-bond acceptors (Lipinski definition) is 2. The van der Waals surface area contributed by atoms with E-state index in [1.807, 2.05) is 6.92 Å². The lowest BCUT2D eigenvalue weighted by molar-refractivity contribution is 0.0733. The molecule has 1 aliphatic heterocycles. The lowest BCUT2D eigenvalue weighted by atomic mass is 9.94. The van der Waals surface area contributed by atoms with Crippen molar-refractivity contribution in [2.24, 2.45) is 0 Å². The molecule has 0 aromatic heterocycles. The van der Waals surface area contributed by atoms with Crippen molar-refractivity contribution in [1.29, 1.82) is 0 Å². The Hall–Kier alpha value is -1.15. The summed E-state index contributed by atoms with van der Waals surface area (Å²) in [5.41, 5.74) is 4.48. The van der Waals surface area contributed by atoms with Crippen LogP contribution in [0.25, 0.3) is 0 Å². The predicted octanol–water partition coefficient (Wildman–Crippen LogP) is 4.06. The fraction of sp³-hybridized carbons (Fsp3) is 0.611. The fourth-order valence-corrected chi connectivity index (χ4v) is 3.30. The van der Waals surface area contributed by atoms with Crippen molar-refractivity contribution in [3.8, 4) is 0 Å². The normalized spacial score (nSPS) is 23.9. The van der Waals surface area contributed by atoms with Crippen molar-refractivity contribution in [2.75, 3.05) is 6.54 Å². The number of likely N-dealkylation sites (tertiary alicyclic amines) is 1. The molecule has 0 radical (unpaired) electrons. The molecule has 2 heteroatoms. The van der Waals surface area contributed by atoms with Gasteiger partial charge in [-0.1, -0.05) is 12.5 Å². The van der Waals surface area contributed by atoms with Crippen LogP contribution < -0.4 is 0 Å². The van der Waals surface area contributed by atoms with E-state index in [0.717, 1.165) is 11.1 Å². The topological polar surface area (TPSA) is 20.3 Å². The highest BCUT2D eigenvalue weighted by Gasteiger charge is 2.27. The Morgan fingerprint density at radius 1 is 1.05 bits per heavy atom. The van der Waals surface area contributed by atoms with Crippen molar-refractivity contribution in [2.45, 2.75) is 66.0 Å². The van der Waals surface area contributed by atoms with E-state index in [1.54, 1.807) is 0 Å². The van der Waals surface area contributed by atoms with Crippen LogP contribution in [-0.2, 0) is 0 Å². The van der Waals surface area contributed by atoms with Gasteiger partial charge in [0, 0.05) is 17.6 Å². The molecule has 0 saturated carbocycles. The third kappa shape index (κ3) is 3.12.